The standard InChI is InChI=1S/C12H20N2O2/c15-11(16)10-7-13-8-12(10)3-5-14(6-4-12)9-1-2-9/h9-10,13H,1-8H2,(H,15,16). The van der Waals surface area contributed by atoms with Gasteiger partial charge >= 0.3 is 5.97 Å². The van der Waals surface area contributed by atoms with Gasteiger partial charge in [0.05, 0.1) is 5.92 Å². The molecule has 2 N–H and O–H groups in total. The van der Waals surface area contributed by atoms with Crippen LogP contribution in [0.3, 0.4) is 0 Å². The lowest BCUT2D eigenvalue weighted by Gasteiger charge is -2.41. The maximum atomic E-state index is 11.2. The van der Waals surface area contributed by atoms with Gasteiger partial charge < -0.3 is 15.3 Å². The molecule has 0 amide bonds. The smallest absolute Gasteiger partial charge is 0.308 e. The predicted molar refractivity (Wildman–Crippen MR) is 60.3 cm³/mol. The summed E-state index contributed by atoms with van der Waals surface area (Å²) in [7, 11) is 0. The van der Waals surface area contributed by atoms with E-state index < -0.39 is 5.97 Å². The lowest BCUT2D eigenvalue weighted by Crippen LogP contribution is -2.46. The fraction of sp³-hybridized carbons (Fsp3) is 0.917. The zero-order valence-electron chi connectivity index (χ0n) is 9.61. The molecule has 0 radical (unpaired) electrons. The molecule has 3 fully saturated rings. The summed E-state index contributed by atoms with van der Waals surface area (Å²) in [6, 6.07) is 0.829. The first-order valence-electron chi connectivity index (χ1n) is 6.39. The van der Waals surface area contributed by atoms with Crippen molar-refractivity contribution in [3.8, 4) is 0 Å². The zero-order chi connectivity index (χ0) is 11.2. The van der Waals surface area contributed by atoms with E-state index in [1.165, 1.54) is 12.8 Å². The largest absolute Gasteiger partial charge is 0.481 e. The molecule has 3 rings (SSSR count). The van der Waals surface area contributed by atoms with E-state index in [4.69, 9.17) is 0 Å². The molecule has 0 aromatic carbocycles. The van der Waals surface area contributed by atoms with Crippen LogP contribution in [0.15, 0.2) is 0 Å². The van der Waals surface area contributed by atoms with Crippen molar-refractivity contribution >= 4 is 5.97 Å². The number of rotatable bonds is 2. The van der Waals surface area contributed by atoms with Gasteiger partial charge in [-0.25, -0.2) is 0 Å². The van der Waals surface area contributed by atoms with E-state index in [1.807, 2.05) is 0 Å². The Bertz CT molecular complexity index is 293. The van der Waals surface area contributed by atoms with Crippen molar-refractivity contribution in [2.45, 2.75) is 31.7 Å². The van der Waals surface area contributed by atoms with E-state index in [0.717, 1.165) is 38.5 Å². The van der Waals surface area contributed by atoms with Crippen LogP contribution in [0.1, 0.15) is 25.7 Å². The zero-order valence-corrected chi connectivity index (χ0v) is 9.61. The van der Waals surface area contributed by atoms with E-state index in [-0.39, 0.29) is 11.3 Å². The Morgan fingerprint density at radius 2 is 2.00 bits per heavy atom. The summed E-state index contributed by atoms with van der Waals surface area (Å²) in [4.78, 5) is 13.8. The highest BCUT2D eigenvalue weighted by molar-refractivity contribution is 5.72. The molecule has 0 aromatic heterocycles. The minimum Gasteiger partial charge on any atom is -0.481 e. The number of likely N-dealkylation sites (tertiary alicyclic amines) is 1. The van der Waals surface area contributed by atoms with Gasteiger partial charge in [-0.05, 0) is 44.2 Å². The monoisotopic (exact) mass is 224 g/mol. The fourth-order valence-electron chi connectivity index (χ4n) is 3.45. The molecule has 4 nitrogen and oxygen atoms in total. The Morgan fingerprint density at radius 3 is 2.56 bits per heavy atom. The molecule has 1 atom stereocenters. The highest BCUT2D eigenvalue weighted by atomic mass is 16.4. The molecule has 3 aliphatic rings. The highest BCUT2D eigenvalue weighted by Gasteiger charge is 2.49. The molecule has 90 valence electrons. The number of nitrogens with one attached hydrogen (secondary N) is 1. The molecule has 0 aromatic rings. The molecule has 4 heteroatoms. The number of carbonyl (C=O) groups is 1. The van der Waals surface area contributed by atoms with E-state index in [0.29, 0.717) is 6.54 Å². The average Bonchev–Trinajstić information content (AvgIpc) is 3.02. The van der Waals surface area contributed by atoms with Crippen molar-refractivity contribution in [3.63, 3.8) is 0 Å². The van der Waals surface area contributed by atoms with Gasteiger partial charge in [-0.3, -0.25) is 4.79 Å². The number of hydrogen-bond donors (Lipinski definition) is 2. The van der Waals surface area contributed by atoms with Crippen LogP contribution in [-0.2, 0) is 4.79 Å². The van der Waals surface area contributed by atoms with Crippen LogP contribution in [-0.4, -0.2) is 48.2 Å². The van der Waals surface area contributed by atoms with Gasteiger partial charge in [0.15, 0.2) is 0 Å². The van der Waals surface area contributed by atoms with Gasteiger partial charge in [0, 0.05) is 19.1 Å². The van der Waals surface area contributed by atoms with Gasteiger partial charge in [0.25, 0.3) is 0 Å². The third kappa shape index (κ3) is 1.64. The maximum Gasteiger partial charge on any atom is 0.308 e. The lowest BCUT2D eigenvalue weighted by atomic mass is 9.71. The molecule has 1 saturated carbocycles. The Labute approximate surface area is 96.0 Å². The number of carboxylic acid groups (broad SMARTS) is 1. The van der Waals surface area contributed by atoms with Crippen molar-refractivity contribution in [2.75, 3.05) is 26.2 Å². The Kier molecular flexibility index (Phi) is 2.44. The number of nitrogens with zero attached hydrogens (tertiary/aromatic N) is 1. The molecule has 2 saturated heterocycles. The van der Waals surface area contributed by atoms with Crippen molar-refractivity contribution in [1.29, 1.82) is 0 Å². The Morgan fingerprint density at radius 1 is 1.31 bits per heavy atom. The normalized spacial score (nSPS) is 34.4. The van der Waals surface area contributed by atoms with E-state index >= 15 is 0 Å². The van der Waals surface area contributed by atoms with Crippen LogP contribution in [0.4, 0.5) is 0 Å². The highest BCUT2D eigenvalue weighted by Crippen LogP contribution is 2.43. The van der Waals surface area contributed by atoms with E-state index in [9.17, 15) is 9.90 Å². The van der Waals surface area contributed by atoms with Gasteiger partial charge in [-0.1, -0.05) is 0 Å². The number of hydrogen-bond acceptors (Lipinski definition) is 3. The van der Waals surface area contributed by atoms with Crippen LogP contribution in [0.5, 0.6) is 0 Å². The molecular formula is C12H20N2O2. The van der Waals surface area contributed by atoms with Gasteiger partial charge in [-0.15, -0.1) is 0 Å². The average molecular weight is 224 g/mol. The van der Waals surface area contributed by atoms with Crippen LogP contribution in [0.25, 0.3) is 0 Å². The summed E-state index contributed by atoms with van der Waals surface area (Å²) in [5.74, 6) is -0.765. The van der Waals surface area contributed by atoms with Crippen molar-refractivity contribution < 1.29 is 9.90 Å². The second kappa shape index (κ2) is 3.70. The molecule has 1 spiro atoms. The summed E-state index contributed by atoms with van der Waals surface area (Å²) in [5, 5.41) is 12.5. The fourth-order valence-corrected chi connectivity index (χ4v) is 3.45. The van der Waals surface area contributed by atoms with Crippen molar-refractivity contribution in [1.82, 2.24) is 10.2 Å². The second-order valence-electron chi connectivity index (χ2n) is 5.65. The summed E-state index contributed by atoms with van der Waals surface area (Å²) in [5.41, 5.74) is 0.0528. The minimum atomic E-state index is -0.607. The summed E-state index contributed by atoms with van der Waals surface area (Å²) in [6.07, 6.45) is 4.84. The van der Waals surface area contributed by atoms with E-state index in [1.54, 1.807) is 0 Å². The SMILES string of the molecule is O=C(O)C1CNCC12CCN(C1CC1)CC2. The third-order valence-electron chi connectivity index (χ3n) is 4.72. The first-order chi connectivity index (χ1) is 7.71. The Balaban J connectivity index is 1.67. The van der Waals surface area contributed by atoms with Crippen LogP contribution in [0.2, 0.25) is 0 Å². The van der Waals surface area contributed by atoms with Gasteiger partial charge in [-0.2, -0.15) is 0 Å². The van der Waals surface area contributed by atoms with E-state index in [2.05, 4.69) is 10.2 Å². The van der Waals surface area contributed by atoms with Gasteiger partial charge in [0.1, 0.15) is 0 Å². The molecule has 1 unspecified atom stereocenters. The molecule has 16 heavy (non-hydrogen) atoms. The number of carboxylic acids is 1. The second-order valence-corrected chi connectivity index (χ2v) is 5.65. The minimum absolute atomic E-state index is 0.0528. The molecule has 2 aliphatic heterocycles. The third-order valence-corrected chi connectivity index (χ3v) is 4.72. The summed E-state index contributed by atoms with van der Waals surface area (Å²) < 4.78 is 0. The summed E-state index contributed by atoms with van der Waals surface area (Å²) >= 11 is 0. The predicted octanol–water partition coefficient (Wildman–Crippen LogP) is 0.535. The van der Waals surface area contributed by atoms with Crippen LogP contribution in [0, 0.1) is 11.3 Å². The maximum absolute atomic E-state index is 11.2. The number of piperidine rings is 1. The first kappa shape index (κ1) is 10.5. The topological polar surface area (TPSA) is 52.6 Å². The van der Waals surface area contributed by atoms with Crippen molar-refractivity contribution in [2.24, 2.45) is 11.3 Å². The summed E-state index contributed by atoms with van der Waals surface area (Å²) in [6.45, 7) is 3.79. The van der Waals surface area contributed by atoms with Crippen LogP contribution >= 0.6 is 0 Å². The van der Waals surface area contributed by atoms with Gasteiger partial charge in [0.2, 0.25) is 0 Å². The van der Waals surface area contributed by atoms with Crippen molar-refractivity contribution in [3.05, 3.63) is 0 Å². The molecule has 0 bridgehead atoms. The van der Waals surface area contributed by atoms with Crippen LogP contribution < -0.4 is 5.32 Å². The molecule has 1 aliphatic carbocycles. The number of aliphatic carboxylic acids is 1. The Hall–Kier alpha value is -0.610. The molecular weight excluding hydrogens is 204 g/mol. The molecule has 2 heterocycles. The quantitative estimate of drug-likeness (QED) is 0.718. The lowest BCUT2D eigenvalue weighted by molar-refractivity contribution is -0.145. The first-order valence-corrected chi connectivity index (χ1v) is 6.39.